The number of nitrogens with one attached hydrogen (secondary N) is 1. The van der Waals surface area contributed by atoms with Crippen molar-refractivity contribution in [1.82, 2.24) is 19.7 Å². The molecule has 2 heterocycles. The lowest BCUT2D eigenvalue weighted by Crippen LogP contribution is -2.09. The van der Waals surface area contributed by atoms with Crippen LogP contribution < -0.4 is 5.32 Å². The van der Waals surface area contributed by atoms with Crippen LogP contribution in [0, 0.1) is 17.0 Å². The highest BCUT2D eigenvalue weighted by atomic mass is 16.6. The van der Waals surface area contributed by atoms with Crippen molar-refractivity contribution < 1.29 is 4.92 Å². The Bertz CT molecular complexity index is 632. The van der Waals surface area contributed by atoms with Crippen LogP contribution in [0.4, 0.5) is 11.5 Å². The maximum Gasteiger partial charge on any atom is 0.287 e. The van der Waals surface area contributed by atoms with Gasteiger partial charge in [0.05, 0.1) is 11.5 Å². The molecular formula is C12H14N6O2. The Hall–Kier alpha value is -2.51. The molecule has 1 N–H and O–H groups in total. The second kappa shape index (κ2) is 4.87. The summed E-state index contributed by atoms with van der Waals surface area (Å²) in [6.45, 7) is 2.45. The first kappa shape index (κ1) is 12.5. The number of rotatable bonds is 5. The van der Waals surface area contributed by atoms with E-state index in [0.717, 1.165) is 11.6 Å². The topological polar surface area (TPSA) is 98.8 Å². The Morgan fingerprint density at radius 3 is 2.85 bits per heavy atom. The number of aryl methyl sites for hydroxylation is 1. The number of nitrogens with zero attached hydrogens (tertiary/aromatic N) is 5. The molecule has 2 aromatic heterocycles. The number of nitro groups is 1. The molecule has 0 aromatic carbocycles. The molecule has 8 nitrogen and oxygen atoms in total. The lowest BCUT2D eigenvalue weighted by molar-refractivity contribution is -0.385. The van der Waals surface area contributed by atoms with Crippen molar-refractivity contribution in [3.8, 4) is 0 Å². The van der Waals surface area contributed by atoms with Crippen molar-refractivity contribution in [2.75, 3.05) is 5.32 Å². The van der Waals surface area contributed by atoms with Gasteiger partial charge in [0.1, 0.15) is 17.8 Å². The summed E-state index contributed by atoms with van der Waals surface area (Å²) in [5.74, 6) is 2.37. The van der Waals surface area contributed by atoms with Gasteiger partial charge in [0.25, 0.3) is 5.69 Å². The van der Waals surface area contributed by atoms with E-state index < -0.39 is 4.92 Å². The molecule has 1 aliphatic rings. The minimum atomic E-state index is -0.468. The van der Waals surface area contributed by atoms with Crippen LogP contribution >= 0.6 is 0 Å². The normalized spacial score (nSPS) is 14.2. The van der Waals surface area contributed by atoms with Crippen molar-refractivity contribution in [2.45, 2.75) is 32.4 Å². The second-order valence-corrected chi connectivity index (χ2v) is 4.78. The maximum absolute atomic E-state index is 10.5. The number of hydrogen-bond acceptors (Lipinski definition) is 6. The van der Waals surface area contributed by atoms with E-state index in [4.69, 9.17) is 0 Å². The van der Waals surface area contributed by atoms with Crippen molar-refractivity contribution in [3.05, 3.63) is 40.1 Å². The average molecular weight is 274 g/mol. The van der Waals surface area contributed by atoms with Crippen LogP contribution in [0.25, 0.3) is 0 Å². The van der Waals surface area contributed by atoms with Gasteiger partial charge in [0.15, 0.2) is 5.82 Å². The zero-order valence-electron chi connectivity index (χ0n) is 11.0. The summed E-state index contributed by atoms with van der Waals surface area (Å²) in [7, 11) is 0. The summed E-state index contributed by atoms with van der Waals surface area (Å²) in [6.07, 6.45) is 3.57. The van der Waals surface area contributed by atoms with Gasteiger partial charge in [0.2, 0.25) is 0 Å². The fourth-order valence-electron chi connectivity index (χ4n) is 2.11. The fraction of sp³-hybridized carbons (Fsp3) is 0.417. The number of anilines is 1. The molecule has 8 heteroatoms. The van der Waals surface area contributed by atoms with E-state index in [0.29, 0.717) is 18.4 Å². The van der Waals surface area contributed by atoms with E-state index >= 15 is 0 Å². The van der Waals surface area contributed by atoms with Gasteiger partial charge in [-0.2, -0.15) is 0 Å². The minimum absolute atomic E-state index is 0.0208. The summed E-state index contributed by atoms with van der Waals surface area (Å²) in [6, 6.07) is 3.53. The highest BCUT2D eigenvalue weighted by Gasteiger charge is 2.27. The Balaban J connectivity index is 1.69. The summed E-state index contributed by atoms with van der Waals surface area (Å²) < 4.78 is 2.14. The molecule has 0 spiro atoms. The smallest absolute Gasteiger partial charge is 0.287 e. The highest BCUT2D eigenvalue weighted by Crippen LogP contribution is 2.36. The molecular weight excluding hydrogens is 260 g/mol. The molecule has 0 radical (unpaired) electrons. The molecule has 1 saturated carbocycles. The lowest BCUT2D eigenvalue weighted by atomic mass is 10.4. The van der Waals surface area contributed by atoms with Crippen LogP contribution in [0.1, 0.15) is 30.5 Å². The Morgan fingerprint density at radius 2 is 2.25 bits per heavy atom. The average Bonchev–Trinajstić information content (AvgIpc) is 3.21. The van der Waals surface area contributed by atoms with Gasteiger partial charge in [-0.25, -0.2) is 4.98 Å². The van der Waals surface area contributed by atoms with Crippen LogP contribution in [0.3, 0.4) is 0 Å². The van der Waals surface area contributed by atoms with Gasteiger partial charge in [0, 0.05) is 12.1 Å². The van der Waals surface area contributed by atoms with Gasteiger partial charge in [-0.1, -0.05) is 0 Å². The number of aromatic nitrogens is 4. The van der Waals surface area contributed by atoms with Gasteiger partial charge < -0.3 is 9.88 Å². The van der Waals surface area contributed by atoms with Gasteiger partial charge in [-0.05, 0) is 25.8 Å². The maximum atomic E-state index is 10.5. The molecule has 2 aromatic rings. The molecule has 0 bridgehead atoms. The first-order valence-corrected chi connectivity index (χ1v) is 6.40. The van der Waals surface area contributed by atoms with E-state index in [1.165, 1.54) is 25.1 Å². The van der Waals surface area contributed by atoms with E-state index in [9.17, 15) is 10.1 Å². The molecule has 0 unspecified atom stereocenters. The standard InChI is InChI=1S/C12H14N6O2/c1-8-15-16-12(17(8)9-2-3-9)7-14-11-5-4-10(6-13-11)18(19)20/h4-6,9H,2-3,7H2,1H3,(H,13,14). The first-order chi connectivity index (χ1) is 9.65. The van der Waals surface area contributed by atoms with Crippen molar-refractivity contribution in [3.63, 3.8) is 0 Å². The zero-order chi connectivity index (χ0) is 14.1. The molecule has 0 amide bonds. The van der Waals surface area contributed by atoms with Crippen LogP contribution in [0.2, 0.25) is 0 Å². The molecule has 0 aliphatic heterocycles. The molecule has 104 valence electrons. The molecule has 20 heavy (non-hydrogen) atoms. The summed E-state index contributed by atoms with van der Waals surface area (Å²) in [5.41, 5.74) is -0.0208. The van der Waals surface area contributed by atoms with Crippen molar-refractivity contribution >= 4 is 11.5 Å². The summed E-state index contributed by atoms with van der Waals surface area (Å²) >= 11 is 0. The number of hydrogen-bond donors (Lipinski definition) is 1. The third-order valence-corrected chi connectivity index (χ3v) is 3.24. The Labute approximate surface area is 115 Å². The Kier molecular flexibility index (Phi) is 3.05. The van der Waals surface area contributed by atoms with Crippen LogP contribution in [-0.2, 0) is 6.54 Å². The molecule has 1 aliphatic carbocycles. The second-order valence-electron chi connectivity index (χ2n) is 4.78. The molecule has 0 atom stereocenters. The largest absolute Gasteiger partial charge is 0.363 e. The zero-order valence-corrected chi connectivity index (χ0v) is 11.0. The van der Waals surface area contributed by atoms with Gasteiger partial charge in [-0.3, -0.25) is 10.1 Å². The van der Waals surface area contributed by atoms with Crippen molar-refractivity contribution in [1.29, 1.82) is 0 Å². The molecule has 3 rings (SSSR count). The lowest BCUT2D eigenvalue weighted by Gasteiger charge is -2.08. The van der Waals surface area contributed by atoms with Gasteiger partial charge in [-0.15, -0.1) is 10.2 Å². The van der Waals surface area contributed by atoms with Gasteiger partial charge >= 0.3 is 0 Å². The highest BCUT2D eigenvalue weighted by molar-refractivity contribution is 5.40. The van der Waals surface area contributed by atoms with E-state index in [-0.39, 0.29) is 5.69 Å². The van der Waals surface area contributed by atoms with Crippen molar-refractivity contribution in [2.24, 2.45) is 0 Å². The third-order valence-electron chi connectivity index (χ3n) is 3.24. The van der Waals surface area contributed by atoms with Crippen LogP contribution in [0.15, 0.2) is 18.3 Å². The number of pyridine rings is 1. The molecule has 0 saturated heterocycles. The SMILES string of the molecule is Cc1nnc(CNc2ccc([N+](=O)[O-])cn2)n1C1CC1. The Morgan fingerprint density at radius 1 is 1.45 bits per heavy atom. The monoisotopic (exact) mass is 274 g/mol. The fourth-order valence-corrected chi connectivity index (χ4v) is 2.11. The quantitative estimate of drug-likeness (QED) is 0.659. The predicted octanol–water partition coefficient (Wildman–Crippen LogP) is 1.84. The van der Waals surface area contributed by atoms with E-state index in [1.54, 1.807) is 6.07 Å². The minimum Gasteiger partial charge on any atom is -0.363 e. The summed E-state index contributed by atoms with van der Waals surface area (Å²) in [4.78, 5) is 14.1. The molecule has 1 fully saturated rings. The predicted molar refractivity (Wildman–Crippen MR) is 71.2 cm³/mol. The van der Waals surface area contributed by atoms with E-state index in [1.807, 2.05) is 6.92 Å². The van der Waals surface area contributed by atoms with Crippen LogP contribution in [0.5, 0.6) is 0 Å². The third kappa shape index (κ3) is 2.44. The first-order valence-electron chi connectivity index (χ1n) is 6.40. The summed E-state index contributed by atoms with van der Waals surface area (Å²) in [5, 5.41) is 21.9. The van der Waals surface area contributed by atoms with E-state index in [2.05, 4.69) is 25.1 Å². The van der Waals surface area contributed by atoms with Crippen LogP contribution in [-0.4, -0.2) is 24.7 Å².